The van der Waals surface area contributed by atoms with Gasteiger partial charge >= 0.3 is 6.03 Å². The van der Waals surface area contributed by atoms with Gasteiger partial charge in [0.25, 0.3) is 5.91 Å². The number of benzene rings is 3. The molecule has 0 spiro atoms. The van der Waals surface area contributed by atoms with E-state index in [1.807, 2.05) is 78.6 Å². The SMILES string of the molecule is Cc1ccc(N2CCCN(C(C)c3ccccc3)C2=O)c(NC(=O)c2ccccc2)c1. The molecule has 0 aliphatic carbocycles. The third-order valence-corrected chi connectivity index (χ3v) is 5.73. The van der Waals surface area contributed by atoms with Gasteiger partial charge in [0.15, 0.2) is 0 Å². The lowest BCUT2D eigenvalue weighted by atomic mass is 10.1. The molecule has 1 unspecified atom stereocenters. The number of hydrogen-bond acceptors (Lipinski definition) is 2. The molecule has 1 aliphatic rings. The second kappa shape index (κ2) is 9.04. The normalized spacial score (nSPS) is 15.0. The lowest BCUT2D eigenvalue weighted by molar-refractivity contribution is 0.102. The number of nitrogens with one attached hydrogen (secondary N) is 1. The Kier molecular flexibility index (Phi) is 6.03. The Hall–Kier alpha value is -3.60. The van der Waals surface area contributed by atoms with Crippen molar-refractivity contribution >= 4 is 23.3 Å². The predicted molar refractivity (Wildman–Crippen MR) is 124 cm³/mol. The first kappa shape index (κ1) is 20.7. The van der Waals surface area contributed by atoms with Crippen molar-refractivity contribution in [2.75, 3.05) is 23.3 Å². The van der Waals surface area contributed by atoms with E-state index in [0.717, 1.165) is 23.2 Å². The van der Waals surface area contributed by atoms with E-state index in [1.54, 1.807) is 17.0 Å². The number of amides is 3. The summed E-state index contributed by atoms with van der Waals surface area (Å²) in [5.74, 6) is -0.189. The second-order valence-corrected chi connectivity index (χ2v) is 7.91. The molecule has 1 atom stereocenters. The van der Waals surface area contributed by atoms with Crippen molar-refractivity contribution in [2.24, 2.45) is 0 Å². The van der Waals surface area contributed by atoms with Crippen molar-refractivity contribution in [3.8, 4) is 0 Å². The molecule has 158 valence electrons. The van der Waals surface area contributed by atoms with Gasteiger partial charge in [-0.05, 0) is 55.7 Å². The van der Waals surface area contributed by atoms with Gasteiger partial charge in [-0.2, -0.15) is 0 Å². The van der Waals surface area contributed by atoms with Gasteiger partial charge in [0.2, 0.25) is 0 Å². The summed E-state index contributed by atoms with van der Waals surface area (Å²) < 4.78 is 0. The van der Waals surface area contributed by atoms with Gasteiger partial charge < -0.3 is 10.2 Å². The number of carbonyl (C=O) groups excluding carboxylic acids is 2. The Morgan fingerprint density at radius 1 is 0.935 bits per heavy atom. The molecule has 0 bridgehead atoms. The maximum absolute atomic E-state index is 13.5. The molecule has 4 rings (SSSR count). The smallest absolute Gasteiger partial charge is 0.320 e. The van der Waals surface area contributed by atoms with Crippen LogP contribution in [0.15, 0.2) is 78.9 Å². The van der Waals surface area contributed by atoms with Gasteiger partial charge in [0, 0.05) is 18.7 Å². The first-order chi connectivity index (χ1) is 15.0. The van der Waals surface area contributed by atoms with Crippen molar-refractivity contribution in [3.05, 3.63) is 95.6 Å². The molecule has 0 aromatic heterocycles. The standard InChI is InChI=1S/C26H27N3O2/c1-19-14-15-24(23(18-19)27-25(30)22-12-7-4-8-13-22)29-17-9-16-28(26(29)31)20(2)21-10-5-3-6-11-21/h3-8,10-15,18,20H,9,16-17H2,1-2H3,(H,27,30). The largest absolute Gasteiger partial charge is 0.325 e. The summed E-state index contributed by atoms with van der Waals surface area (Å²) in [7, 11) is 0. The molecule has 1 saturated heterocycles. The molecule has 3 aromatic rings. The first-order valence-electron chi connectivity index (χ1n) is 10.6. The van der Waals surface area contributed by atoms with E-state index < -0.39 is 0 Å². The number of rotatable bonds is 5. The highest BCUT2D eigenvalue weighted by Gasteiger charge is 2.32. The highest BCUT2D eigenvalue weighted by atomic mass is 16.2. The zero-order chi connectivity index (χ0) is 21.8. The monoisotopic (exact) mass is 413 g/mol. The van der Waals surface area contributed by atoms with Gasteiger partial charge in [0.05, 0.1) is 17.4 Å². The molecule has 1 heterocycles. The van der Waals surface area contributed by atoms with Crippen LogP contribution < -0.4 is 10.2 Å². The van der Waals surface area contributed by atoms with Gasteiger partial charge in [-0.15, -0.1) is 0 Å². The van der Waals surface area contributed by atoms with Crippen molar-refractivity contribution in [1.29, 1.82) is 0 Å². The van der Waals surface area contributed by atoms with Crippen LogP contribution in [0.25, 0.3) is 0 Å². The molecule has 3 amide bonds. The average Bonchev–Trinajstić information content (AvgIpc) is 2.80. The summed E-state index contributed by atoms with van der Waals surface area (Å²) in [6, 6.07) is 24.9. The van der Waals surface area contributed by atoms with E-state index in [4.69, 9.17) is 0 Å². The van der Waals surface area contributed by atoms with Crippen molar-refractivity contribution in [1.82, 2.24) is 4.90 Å². The minimum atomic E-state index is -0.189. The summed E-state index contributed by atoms with van der Waals surface area (Å²) in [5.41, 5.74) is 4.09. The molecule has 0 radical (unpaired) electrons. The van der Waals surface area contributed by atoms with E-state index in [-0.39, 0.29) is 18.0 Å². The fourth-order valence-electron chi connectivity index (χ4n) is 4.01. The third kappa shape index (κ3) is 4.45. The summed E-state index contributed by atoms with van der Waals surface area (Å²) in [4.78, 5) is 29.9. The number of aryl methyl sites for hydroxylation is 1. The van der Waals surface area contributed by atoms with Crippen LogP contribution in [0.2, 0.25) is 0 Å². The molecule has 5 nitrogen and oxygen atoms in total. The van der Waals surface area contributed by atoms with E-state index in [1.165, 1.54) is 0 Å². The Bertz CT molecular complexity index is 1070. The lowest BCUT2D eigenvalue weighted by Gasteiger charge is -2.39. The zero-order valence-corrected chi connectivity index (χ0v) is 17.9. The highest BCUT2D eigenvalue weighted by molar-refractivity contribution is 6.07. The number of carbonyl (C=O) groups is 2. The van der Waals surface area contributed by atoms with Crippen LogP contribution in [0.3, 0.4) is 0 Å². The van der Waals surface area contributed by atoms with E-state index in [2.05, 4.69) is 12.2 Å². The zero-order valence-electron chi connectivity index (χ0n) is 17.9. The first-order valence-corrected chi connectivity index (χ1v) is 10.6. The highest BCUT2D eigenvalue weighted by Crippen LogP contribution is 2.33. The van der Waals surface area contributed by atoms with Crippen LogP contribution in [0.5, 0.6) is 0 Å². The number of anilines is 2. The summed E-state index contributed by atoms with van der Waals surface area (Å²) in [6.45, 7) is 5.37. The van der Waals surface area contributed by atoms with E-state index in [0.29, 0.717) is 24.3 Å². The number of urea groups is 1. The predicted octanol–water partition coefficient (Wildman–Crippen LogP) is 5.64. The summed E-state index contributed by atoms with van der Waals surface area (Å²) in [6.07, 6.45) is 0.864. The van der Waals surface area contributed by atoms with Crippen LogP contribution in [-0.2, 0) is 0 Å². The summed E-state index contributed by atoms with van der Waals surface area (Å²) in [5, 5.41) is 3.01. The van der Waals surface area contributed by atoms with E-state index >= 15 is 0 Å². The Labute approximate surface area is 183 Å². The topological polar surface area (TPSA) is 52.6 Å². The second-order valence-electron chi connectivity index (χ2n) is 7.91. The quantitative estimate of drug-likeness (QED) is 0.588. The minimum absolute atomic E-state index is 0.0238. The van der Waals surface area contributed by atoms with Gasteiger partial charge in [-0.25, -0.2) is 4.79 Å². The summed E-state index contributed by atoms with van der Waals surface area (Å²) >= 11 is 0. The molecule has 1 N–H and O–H groups in total. The Morgan fingerprint density at radius 3 is 2.32 bits per heavy atom. The third-order valence-electron chi connectivity index (χ3n) is 5.73. The fraction of sp³-hybridized carbons (Fsp3) is 0.231. The number of hydrogen-bond donors (Lipinski definition) is 1. The number of nitrogens with zero attached hydrogens (tertiary/aromatic N) is 2. The molecule has 3 aromatic carbocycles. The maximum Gasteiger partial charge on any atom is 0.325 e. The van der Waals surface area contributed by atoms with Crippen LogP contribution >= 0.6 is 0 Å². The molecule has 1 aliphatic heterocycles. The fourth-order valence-corrected chi connectivity index (χ4v) is 4.01. The molecule has 5 heteroatoms. The van der Waals surface area contributed by atoms with Crippen LogP contribution in [0.1, 0.15) is 40.9 Å². The molecular weight excluding hydrogens is 386 g/mol. The van der Waals surface area contributed by atoms with Crippen LogP contribution in [0.4, 0.5) is 16.2 Å². The van der Waals surface area contributed by atoms with Crippen LogP contribution in [-0.4, -0.2) is 29.9 Å². The van der Waals surface area contributed by atoms with Crippen molar-refractivity contribution < 1.29 is 9.59 Å². The Balaban J connectivity index is 1.61. The molecule has 0 saturated carbocycles. The van der Waals surface area contributed by atoms with Gasteiger partial charge in [-0.1, -0.05) is 54.6 Å². The van der Waals surface area contributed by atoms with Crippen LogP contribution in [0, 0.1) is 6.92 Å². The molecule has 1 fully saturated rings. The van der Waals surface area contributed by atoms with Crippen molar-refractivity contribution in [3.63, 3.8) is 0 Å². The molecule has 31 heavy (non-hydrogen) atoms. The van der Waals surface area contributed by atoms with E-state index in [9.17, 15) is 9.59 Å². The van der Waals surface area contributed by atoms with Gasteiger partial charge in [-0.3, -0.25) is 9.69 Å². The molecular formula is C26H27N3O2. The van der Waals surface area contributed by atoms with Crippen molar-refractivity contribution in [2.45, 2.75) is 26.3 Å². The van der Waals surface area contributed by atoms with Gasteiger partial charge in [0.1, 0.15) is 0 Å². The Morgan fingerprint density at radius 2 is 1.61 bits per heavy atom. The maximum atomic E-state index is 13.5. The lowest BCUT2D eigenvalue weighted by Crippen LogP contribution is -2.50. The average molecular weight is 414 g/mol. The minimum Gasteiger partial charge on any atom is -0.320 e.